The van der Waals surface area contributed by atoms with E-state index in [0.717, 1.165) is 12.8 Å². The van der Waals surface area contributed by atoms with Gasteiger partial charge in [-0.3, -0.25) is 4.79 Å². The molecule has 1 N–H and O–H groups in total. The second-order valence-electron chi connectivity index (χ2n) is 6.44. The minimum atomic E-state index is -0.659. The number of unbranched alkanes of at least 4 members (excludes halogenated alkanes) is 13. The van der Waals surface area contributed by atoms with E-state index in [1.54, 1.807) is 0 Å². The van der Waals surface area contributed by atoms with Crippen LogP contribution in [0.2, 0.25) is 0 Å². The van der Waals surface area contributed by atoms with Crippen LogP contribution < -0.4 is 0 Å². The molecule has 2 heteroatoms. The highest BCUT2D eigenvalue weighted by molar-refractivity contribution is 5.66. The topological polar surface area (TPSA) is 37.3 Å². The Morgan fingerprint density at radius 3 is 1.55 bits per heavy atom. The minimum absolute atomic E-state index is 0.337. The Bertz CT molecular complexity index is 258. The van der Waals surface area contributed by atoms with Crippen LogP contribution in [0.25, 0.3) is 0 Å². The average Bonchev–Trinajstić information content (AvgIpc) is 2.50. The van der Waals surface area contributed by atoms with Gasteiger partial charge in [-0.15, -0.1) is 0 Å². The number of carboxylic acids is 1. The normalized spacial score (nSPS) is 11.3. The first-order valence-electron chi connectivity index (χ1n) is 9.64. The van der Waals surface area contributed by atoms with Gasteiger partial charge in [0.15, 0.2) is 0 Å². The molecule has 0 fully saturated rings. The van der Waals surface area contributed by atoms with Crippen molar-refractivity contribution in [2.24, 2.45) is 0 Å². The van der Waals surface area contributed by atoms with Crippen molar-refractivity contribution in [2.75, 3.05) is 0 Å². The van der Waals surface area contributed by atoms with Crippen LogP contribution in [0.1, 0.15) is 110 Å². The number of aliphatic carboxylic acids is 1. The van der Waals surface area contributed by atoms with E-state index >= 15 is 0 Å². The SMILES string of the molecule is CCCCCCCCC=CCCCCCCCCCC(=O)O. The summed E-state index contributed by atoms with van der Waals surface area (Å²) in [6, 6.07) is 0. The molecule has 0 saturated carbocycles. The van der Waals surface area contributed by atoms with Gasteiger partial charge in [0.2, 0.25) is 0 Å². The molecule has 0 aliphatic rings. The van der Waals surface area contributed by atoms with Gasteiger partial charge in [0, 0.05) is 6.42 Å². The zero-order valence-electron chi connectivity index (χ0n) is 14.8. The van der Waals surface area contributed by atoms with Crippen molar-refractivity contribution < 1.29 is 9.90 Å². The van der Waals surface area contributed by atoms with Crippen LogP contribution in [0, 0.1) is 0 Å². The van der Waals surface area contributed by atoms with Crippen LogP contribution in [0.15, 0.2) is 12.2 Å². The fourth-order valence-corrected chi connectivity index (χ4v) is 2.70. The van der Waals surface area contributed by atoms with Crippen molar-refractivity contribution >= 4 is 5.97 Å². The number of allylic oxidation sites excluding steroid dienone is 2. The molecule has 0 saturated heterocycles. The van der Waals surface area contributed by atoms with E-state index in [0.29, 0.717) is 6.42 Å². The van der Waals surface area contributed by atoms with Crippen LogP contribution in [-0.2, 0) is 4.79 Å². The smallest absolute Gasteiger partial charge is 0.303 e. The molecule has 0 atom stereocenters. The molecule has 0 heterocycles. The number of hydrogen-bond acceptors (Lipinski definition) is 1. The predicted molar refractivity (Wildman–Crippen MR) is 96.3 cm³/mol. The molecule has 0 aromatic heterocycles. The van der Waals surface area contributed by atoms with Gasteiger partial charge < -0.3 is 5.11 Å². The number of carboxylic acid groups (broad SMARTS) is 1. The second kappa shape index (κ2) is 18.3. The highest BCUT2D eigenvalue weighted by atomic mass is 16.4. The van der Waals surface area contributed by atoms with E-state index in [4.69, 9.17) is 5.11 Å². The highest BCUT2D eigenvalue weighted by Crippen LogP contribution is 2.11. The molecule has 130 valence electrons. The summed E-state index contributed by atoms with van der Waals surface area (Å²) in [5.74, 6) is -0.659. The standard InChI is InChI=1S/C20H38O2/c1-2-3-4-5-6-7-8-9-10-11-12-13-14-15-16-17-18-19-20(21)22/h9-10H,2-8,11-19H2,1H3,(H,21,22). The third kappa shape index (κ3) is 19.2. The van der Waals surface area contributed by atoms with Crippen molar-refractivity contribution in [1.82, 2.24) is 0 Å². The van der Waals surface area contributed by atoms with Gasteiger partial charge in [-0.05, 0) is 32.1 Å². The summed E-state index contributed by atoms with van der Waals surface area (Å²) >= 11 is 0. The fourth-order valence-electron chi connectivity index (χ4n) is 2.70. The molecule has 0 spiro atoms. The first kappa shape index (κ1) is 21.2. The molecule has 0 unspecified atom stereocenters. The molecule has 0 bridgehead atoms. The molecule has 0 rings (SSSR count). The molecule has 0 aliphatic heterocycles. The number of carbonyl (C=O) groups is 1. The van der Waals surface area contributed by atoms with Gasteiger partial charge in [0.05, 0.1) is 0 Å². The maximum Gasteiger partial charge on any atom is 0.303 e. The van der Waals surface area contributed by atoms with Gasteiger partial charge in [-0.1, -0.05) is 83.3 Å². The van der Waals surface area contributed by atoms with Crippen LogP contribution in [0.5, 0.6) is 0 Å². The lowest BCUT2D eigenvalue weighted by atomic mass is 10.1. The quantitative estimate of drug-likeness (QED) is 0.234. The number of hydrogen-bond donors (Lipinski definition) is 1. The lowest BCUT2D eigenvalue weighted by Crippen LogP contribution is -1.93. The van der Waals surface area contributed by atoms with Crippen molar-refractivity contribution in [2.45, 2.75) is 110 Å². The summed E-state index contributed by atoms with van der Waals surface area (Å²) in [5.41, 5.74) is 0. The Balaban J connectivity index is 3.06. The third-order valence-corrected chi connectivity index (χ3v) is 4.15. The minimum Gasteiger partial charge on any atom is -0.481 e. The second-order valence-corrected chi connectivity index (χ2v) is 6.44. The summed E-state index contributed by atoms with van der Waals surface area (Å²) in [7, 11) is 0. The highest BCUT2D eigenvalue weighted by Gasteiger charge is 1.96. The summed E-state index contributed by atoms with van der Waals surface area (Å²) in [6.45, 7) is 2.27. The summed E-state index contributed by atoms with van der Waals surface area (Å²) < 4.78 is 0. The fraction of sp³-hybridized carbons (Fsp3) is 0.850. The van der Waals surface area contributed by atoms with Crippen LogP contribution in [-0.4, -0.2) is 11.1 Å². The molecule has 2 nitrogen and oxygen atoms in total. The Morgan fingerprint density at radius 2 is 1.09 bits per heavy atom. The van der Waals surface area contributed by atoms with Gasteiger partial charge in [-0.2, -0.15) is 0 Å². The van der Waals surface area contributed by atoms with E-state index in [-0.39, 0.29) is 0 Å². The third-order valence-electron chi connectivity index (χ3n) is 4.15. The monoisotopic (exact) mass is 310 g/mol. The van der Waals surface area contributed by atoms with E-state index < -0.39 is 5.97 Å². The van der Waals surface area contributed by atoms with Crippen molar-refractivity contribution in [1.29, 1.82) is 0 Å². The molecule has 0 aliphatic carbocycles. The van der Waals surface area contributed by atoms with Crippen LogP contribution >= 0.6 is 0 Å². The Morgan fingerprint density at radius 1 is 0.682 bits per heavy atom. The Kier molecular flexibility index (Phi) is 17.6. The average molecular weight is 311 g/mol. The number of rotatable bonds is 17. The van der Waals surface area contributed by atoms with E-state index in [1.165, 1.54) is 83.5 Å². The largest absolute Gasteiger partial charge is 0.481 e. The summed E-state index contributed by atoms with van der Waals surface area (Å²) in [5, 5.41) is 8.53. The summed E-state index contributed by atoms with van der Waals surface area (Å²) in [4.78, 5) is 10.4. The molecule has 0 radical (unpaired) electrons. The lowest BCUT2D eigenvalue weighted by molar-refractivity contribution is -0.137. The maximum absolute atomic E-state index is 10.4. The molecular weight excluding hydrogens is 272 g/mol. The Hall–Kier alpha value is -0.790. The zero-order chi connectivity index (χ0) is 16.3. The first-order valence-corrected chi connectivity index (χ1v) is 9.64. The van der Waals surface area contributed by atoms with Crippen molar-refractivity contribution in [3.63, 3.8) is 0 Å². The van der Waals surface area contributed by atoms with Crippen LogP contribution in [0.4, 0.5) is 0 Å². The molecule has 0 aromatic rings. The van der Waals surface area contributed by atoms with Crippen molar-refractivity contribution in [3.05, 3.63) is 12.2 Å². The van der Waals surface area contributed by atoms with Gasteiger partial charge in [-0.25, -0.2) is 0 Å². The van der Waals surface area contributed by atoms with E-state index in [9.17, 15) is 4.79 Å². The van der Waals surface area contributed by atoms with E-state index in [2.05, 4.69) is 19.1 Å². The zero-order valence-corrected chi connectivity index (χ0v) is 14.8. The van der Waals surface area contributed by atoms with E-state index in [1.807, 2.05) is 0 Å². The molecule has 0 aromatic carbocycles. The van der Waals surface area contributed by atoms with Gasteiger partial charge in [0.25, 0.3) is 0 Å². The first-order chi connectivity index (χ1) is 10.8. The van der Waals surface area contributed by atoms with Crippen LogP contribution in [0.3, 0.4) is 0 Å². The molecule has 0 amide bonds. The predicted octanol–water partition coefficient (Wildman–Crippen LogP) is 6.89. The van der Waals surface area contributed by atoms with Gasteiger partial charge in [0.1, 0.15) is 0 Å². The Labute approximate surface area is 138 Å². The molecular formula is C20H38O2. The molecule has 22 heavy (non-hydrogen) atoms. The lowest BCUT2D eigenvalue weighted by Gasteiger charge is -2.00. The van der Waals surface area contributed by atoms with Crippen molar-refractivity contribution in [3.8, 4) is 0 Å². The van der Waals surface area contributed by atoms with Gasteiger partial charge >= 0.3 is 5.97 Å². The maximum atomic E-state index is 10.4. The summed E-state index contributed by atoms with van der Waals surface area (Å²) in [6.07, 6.45) is 24.2.